The molecule has 0 amide bonds. The molecule has 0 bridgehead atoms. The lowest BCUT2D eigenvalue weighted by molar-refractivity contribution is 0.278. The van der Waals surface area contributed by atoms with Crippen LogP contribution in [0.15, 0.2) is 0 Å². The first-order valence-corrected chi connectivity index (χ1v) is 5.43. The van der Waals surface area contributed by atoms with E-state index < -0.39 is 0 Å². The summed E-state index contributed by atoms with van der Waals surface area (Å²) >= 11 is 2.22. The first kappa shape index (κ1) is 11.7. The molecule has 0 aromatic heterocycles. The SMILES string of the molecule is CCC(C)CC(C)(C)CNI. The van der Waals surface area contributed by atoms with Crippen molar-refractivity contribution in [2.75, 3.05) is 6.54 Å². The number of hydrogen-bond acceptors (Lipinski definition) is 1. The summed E-state index contributed by atoms with van der Waals surface area (Å²) in [4.78, 5) is 0. The van der Waals surface area contributed by atoms with Crippen molar-refractivity contribution in [3.63, 3.8) is 0 Å². The lowest BCUT2D eigenvalue weighted by Crippen LogP contribution is -2.25. The molecule has 11 heavy (non-hydrogen) atoms. The largest absolute Gasteiger partial charge is 0.261 e. The maximum Gasteiger partial charge on any atom is 0.0169 e. The van der Waals surface area contributed by atoms with Gasteiger partial charge < -0.3 is 0 Å². The van der Waals surface area contributed by atoms with E-state index in [1.54, 1.807) is 0 Å². The molecule has 0 aliphatic heterocycles. The van der Waals surface area contributed by atoms with E-state index in [9.17, 15) is 0 Å². The molecule has 68 valence electrons. The Balaban J connectivity index is 3.70. The maximum atomic E-state index is 3.21. The molecule has 0 spiro atoms. The van der Waals surface area contributed by atoms with Crippen LogP contribution in [0, 0.1) is 11.3 Å². The third-order valence-electron chi connectivity index (χ3n) is 2.14. The maximum absolute atomic E-state index is 3.21. The van der Waals surface area contributed by atoms with Crippen LogP contribution in [0.1, 0.15) is 40.5 Å². The average molecular weight is 269 g/mol. The second-order valence-electron chi connectivity index (χ2n) is 4.19. The monoisotopic (exact) mass is 269 g/mol. The van der Waals surface area contributed by atoms with Gasteiger partial charge in [0, 0.05) is 29.4 Å². The lowest BCUT2D eigenvalue weighted by Gasteiger charge is -2.26. The van der Waals surface area contributed by atoms with E-state index in [2.05, 4.69) is 54.1 Å². The molecule has 1 nitrogen and oxygen atoms in total. The van der Waals surface area contributed by atoms with Gasteiger partial charge in [-0.2, -0.15) is 0 Å². The number of rotatable bonds is 5. The van der Waals surface area contributed by atoms with E-state index in [-0.39, 0.29) is 0 Å². The van der Waals surface area contributed by atoms with Gasteiger partial charge in [0.25, 0.3) is 0 Å². The Hall–Kier alpha value is 0.690. The van der Waals surface area contributed by atoms with Crippen LogP contribution in [0.2, 0.25) is 0 Å². The van der Waals surface area contributed by atoms with Crippen molar-refractivity contribution >= 4 is 22.9 Å². The summed E-state index contributed by atoms with van der Waals surface area (Å²) in [6.07, 6.45) is 2.62. The highest BCUT2D eigenvalue weighted by atomic mass is 127. The molecule has 0 saturated heterocycles. The molecular weight excluding hydrogens is 249 g/mol. The molecule has 0 aliphatic carbocycles. The molecule has 0 aliphatic rings. The topological polar surface area (TPSA) is 12.0 Å². The van der Waals surface area contributed by atoms with E-state index in [1.165, 1.54) is 12.8 Å². The predicted octanol–water partition coefficient (Wildman–Crippen LogP) is 3.39. The molecule has 1 N–H and O–H groups in total. The van der Waals surface area contributed by atoms with Gasteiger partial charge in [-0.25, -0.2) is 0 Å². The molecule has 0 aromatic rings. The molecule has 0 fully saturated rings. The molecular formula is C9H20IN. The Morgan fingerprint density at radius 2 is 2.00 bits per heavy atom. The van der Waals surface area contributed by atoms with Crippen LogP contribution < -0.4 is 3.53 Å². The summed E-state index contributed by atoms with van der Waals surface area (Å²) in [5.41, 5.74) is 0.455. The Labute approximate surface area is 84.8 Å². The Morgan fingerprint density at radius 3 is 2.36 bits per heavy atom. The summed E-state index contributed by atoms with van der Waals surface area (Å²) in [5, 5.41) is 0. The predicted molar refractivity (Wildman–Crippen MR) is 59.9 cm³/mol. The normalized spacial score (nSPS) is 15.0. The molecule has 1 atom stereocenters. The minimum atomic E-state index is 0.455. The average Bonchev–Trinajstić information content (AvgIpc) is 1.86. The lowest BCUT2D eigenvalue weighted by atomic mass is 9.83. The number of hydrogen-bond donors (Lipinski definition) is 1. The highest BCUT2D eigenvalue weighted by Gasteiger charge is 2.19. The van der Waals surface area contributed by atoms with Gasteiger partial charge >= 0.3 is 0 Å². The molecule has 2 heteroatoms. The van der Waals surface area contributed by atoms with Crippen molar-refractivity contribution < 1.29 is 0 Å². The van der Waals surface area contributed by atoms with Crippen LogP contribution in [-0.4, -0.2) is 6.54 Å². The summed E-state index contributed by atoms with van der Waals surface area (Å²) in [7, 11) is 0. The van der Waals surface area contributed by atoms with Crippen LogP contribution in [0.4, 0.5) is 0 Å². The zero-order chi connectivity index (χ0) is 8.91. The van der Waals surface area contributed by atoms with Gasteiger partial charge in [0.05, 0.1) is 0 Å². The van der Waals surface area contributed by atoms with Crippen molar-refractivity contribution in [1.29, 1.82) is 0 Å². The first-order valence-electron chi connectivity index (χ1n) is 4.35. The third-order valence-corrected chi connectivity index (χ3v) is 2.52. The summed E-state index contributed by atoms with van der Waals surface area (Å²) in [6, 6.07) is 0. The highest BCUT2D eigenvalue weighted by Crippen LogP contribution is 2.26. The summed E-state index contributed by atoms with van der Waals surface area (Å²) < 4.78 is 3.21. The van der Waals surface area contributed by atoms with Crippen molar-refractivity contribution in [3.8, 4) is 0 Å². The van der Waals surface area contributed by atoms with Crippen LogP contribution in [0.25, 0.3) is 0 Å². The smallest absolute Gasteiger partial charge is 0.0169 e. The Morgan fingerprint density at radius 1 is 1.45 bits per heavy atom. The van der Waals surface area contributed by atoms with Crippen molar-refractivity contribution in [2.45, 2.75) is 40.5 Å². The minimum Gasteiger partial charge on any atom is -0.261 e. The van der Waals surface area contributed by atoms with Gasteiger partial charge in [-0.05, 0) is 17.8 Å². The fraction of sp³-hybridized carbons (Fsp3) is 1.00. The van der Waals surface area contributed by atoms with Crippen LogP contribution >= 0.6 is 22.9 Å². The first-order chi connectivity index (χ1) is 5.02. The van der Waals surface area contributed by atoms with Crippen LogP contribution in [-0.2, 0) is 0 Å². The standard InChI is InChI=1S/C9H20IN/c1-5-8(2)6-9(3,4)7-11-10/h8,11H,5-7H2,1-4H3. The quantitative estimate of drug-likeness (QED) is 0.596. The summed E-state index contributed by atoms with van der Waals surface area (Å²) in [6.45, 7) is 10.3. The van der Waals surface area contributed by atoms with Gasteiger partial charge in [-0.3, -0.25) is 3.53 Å². The highest BCUT2D eigenvalue weighted by molar-refractivity contribution is 14.1. The molecule has 1 unspecified atom stereocenters. The van der Waals surface area contributed by atoms with Gasteiger partial charge in [0.2, 0.25) is 0 Å². The zero-order valence-electron chi connectivity index (χ0n) is 8.08. The minimum absolute atomic E-state index is 0.455. The van der Waals surface area contributed by atoms with E-state index in [1.807, 2.05) is 0 Å². The van der Waals surface area contributed by atoms with Gasteiger partial charge in [-0.1, -0.05) is 34.1 Å². The van der Waals surface area contributed by atoms with E-state index in [4.69, 9.17) is 0 Å². The van der Waals surface area contributed by atoms with Crippen molar-refractivity contribution in [2.24, 2.45) is 11.3 Å². The molecule has 0 radical (unpaired) electrons. The van der Waals surface area contributed by atoms with Crippen LogP contribution in [0.5, 0.6) is 0 Å². The van der Waals surface area contributed by atoms with Crippen molar-refractivity contribution in [3.05, 3.63) is 0 Å². The Kier molecular flexibility index (Phi) is 5.69. The third kappa shape index (κ3) is 5.91. The van der Waals surface area contributed by atoms with E-state index in [0.717, 1.165) is 12.5 Å². The van der Waals surface area contributed by atoms with Gasteiger partial charge in [-0.15, -0.1) is 0 Å². The second kappa shape index (κ2) is 5.36. The second-order valence-corrected chi connectivity index (χ2v) is 4.95. The van der Waals surface area contributed by atoms with E-state index in [0.29, 0.717) is 5.41 Å². The van der Waals surface area contributed by atoms with Crippen LogP contribution in [0.3, 0.4) is 0 Å². The summed E-state index contributed by atoms with van der Waals surface area (Å²) in [5.74, 6) is 0.856. The molecule has 0 rings (SSSR count). The Bertz CT molecular complexity index is 102. The number of halogens is 1. The molecule has 0 saturated carbocycles. The molecule has 0 heterocycles. The molecule has 0 aromatic carbocycles. The van der Waals surface area contributed by atoms with Gasteiger partial charge in [0.1, 0.15) is 0 Å². The number of nitrogens with one attached hydrogen (secondary N) is 1. The van der Waals surface area contributed by atoms with E-state index >= 15 is 0 Å². The fourth-order valence-electron chi connectivity index (χ4n) is 1.34. The van der Waals surface area contributed by atoms with Crippen molar-refractivity contribution in [1.82, 2.24) is 3.53 Å². The van der Waals surface area contributed by atoms with Gasteiger partial charge in [0.15, 0.2) is 0 Å². The zero-order valence-corrected chi connectivity index (χ0v) is 10.2. The fourth-order valence-corrected chi connectivity index (χ4v) is 2.37.